The quantitative estimate of drug-likeness (QED) is 0.862. The maximum absolute atomic E-state index is 13.0. The second-order valence-electron chi connectivity index (χ2n) is 6.33. The van der Waals surface area contributed by atoms with Crippen molar-refractivity contribution in [3.63, 3.8) is 0 Å². The number of para-hydroxylation sites is 2. The molecule has 1 fully saturated rings. The first-order valence-electron chi connectivity index (χ1n) is 8.59. The van der Waals surface area contributed by atoms with Gasteiger partial charge in [-0.1, -0.05) is 24.3 Å². The summed E-state index contributed by atoms with van der Waals surface area (Å²) in [5, 5.41) is 0. The lowest BCUT2D eigenvalue weighted by atomic mass is 10.0. The van der Waals surface area contributed by atoms with Crippen molar-refractivity contribution in [3.8, 4) is 17.2 Å². The number of fused-ring (bicyclic) bond motifs is 1. The molecule has 0 bridgehead atoms. The number of methoxy groups -OCH3 is 1. The van der Waals surface area contributed by atoms with Gasteiger partial charge in [0.15, 0.2) is 11.5 Å². The third kappa shape index (κ3) is 3.02. The standard InChI is InChI=1S/C20H21NO4/c1-23-15-10-8-14(9-11-15)16-5-4-12-21(16)20(22)19-13-24-17-6-2-3-7-18(17)25-19/h2-3,6-11,16,19H,4-5,12-13H2,1H3. The number of amides is 1. The third-order valence-electron chi connectivity index (χ3n) is 4.82. The number of carbonyl (C=O) groups excluding carboxylic acids is 1. The molecule has 2 unspecified atom stereocenters. The monoisotopic (exact) mass is 339 g/mol. The lowest BCUT2D eigenvalue weighted by Gasteiger charge is -2.32. The molecular weight excluding hydrogens is 318 g/mol. The average molecular weight is 339 g/mol. The number of rotatable bonds is 3. The zero-order chi connectivity index (χ0) is 17.2. The highest BCUT2D eigenvalue weighted by atomic mass is 16.6. The molecule has 0 N–H and O–H groups in total. The van der Waals surface area contributed by atoms with Crippen LogP contribution in [-0.2, 0) is 4.79 Å². The minimum Gasteiger partial charge on any atom is -0.497 e. The van der Waals surface area contributed by atoms with E-state index in [2.05, 4.69) is 0 Å². The Balaban J connectivity index is 1.51. The summed E-state index contributed by atoms with van der Waals surface area (Å²) in [5.74, 6) is 2.14. The molecule has 2 aliphatic rings. The highest BCUT2D eigenvalue weighted by Gasteiger charge is 2.37. The van der Waals surface area contributed by atoms with Gasteiger partial charge in [0.2, 0.25) is 6.10 Å². The van der Waals surface area contributed by atoms with E-state index in [0.717, 1.165) is 30.7 Å². The van der Waals surface area contributed by atoms with Crippen LogP contribution in [0.1, 0.15) is 24.4 Å². The lowest BCUT2D eigenvalue weighted by Crippen LogP contribution is -2.46. The third-order valence-corrected chi connectivity index (χ3v) is 4.82. The number of hydrogen-bond acceptors (Lipinski definition) is 4. The van der Waals surface area contributed by atoms with Gasteiger partial charge in [0.25, 0.3) is 5.91 Å². The van der Waals surface area contributed by atoms with Crippen LogP contribution < -0.4 is 14.2 Å². The molecule has 2 aromatic carbocycles. The van der Waals surface area contributed by atoms with E-state index < -0.39 is 6.10 Å². The minimum atomic E-state index is -0.589. The zero-order valence-corrected chi connectivity index (χ0v) is 14.2. The number of likely N-dealkylation sites (tertiary alicyclic amines) is 1. The molecule has 0 aromatic heterocycles. The van der Waals surface area contributed by atoms with Crippen molar-refractivity contribution in [2.75, 3.05) is 20.3 Å². The number of ether oxygens (including phenoxy) is 3. The Morgan fingerprint density at radius 1 is 1.12 bits per heavy atom. The summed E-state index contributed by atoms with van der Waals surface area (Å²) in [5.41, 5.74) is 1.13. The average Bonchev–Trinajstić information content (AvgIpc) is 3.17. The van der Waals surface area contributed by atoms with Gasteiger partial charge < -0.3 is 19.1 Å². The first kappa shape index (κ1) is 15.8. The fourth-order valence-electron chi connectivity index (χ4n) is 3.53. The molecule has 4 rings (SSSR count). The van der Waals surface area contributed by atoms with Gasteiger partial charge in [0.05, 0.1) is 13.2 Å². The van der Waals surface area contributed by atoms with E-state index in [1.165, 1.54) is 0 Å². The van der Waals surface area contributed by atoms with Crippen LogP contribution in [0.2, 0.25) is 0 Å². The molecule has 130 valence electrons. The van der Waals surface area contributed by atoms with Gasteiger partial charge in [0, 0.05) is 6.54 Å². The van der Waals surface area contributed by atoms with E-state index in [-0.39, 0.29) is 18.6 Å². The molecule has 2 heterocycles. The van der Waals surface area contributed by atoms with Crippen molar-refractivity contribution < 1.29 is 19.0 Å². The number of carbonyl (C=O) groups is 1. The Morgan fingerprint density at radius 2 is 1.88 bits per heavy atom. The molecule has 2 atom stereocenters. The topological polar surface area (TPSA) is 48.0 Å². The Morgan fingerprint density at radius 3 is 2.64 bits per heavy atom. The molecule has 0 radical (unpaired) electrons. The summed E-state index contributed by atoms with van der Waals surface area (Å²) in [7, 11) is 1.65. The van der Waals surface area contributed by atoms with Crippen LogP contribution in [-0.4, -0.2) is 37.2 Å². The van der Waals surface area contributed by atoms with Gasteiger partial charge in [-0.05, 0) is 42.7 Å². The van der Waals surface area contributed by atoms with E-state index in [4.69, 9.17) is 14.2 Å². The van der Waals surface area contributed by atoms with Gasteiger partial charge in [-0.3, -0.25) is 4.79 Å². The zero-order valence-electron chi connectivity index (χ0n) is 14.2. The summed E-state index contributed by atoms with van der Waals surface area (Å²) in [4.78, 5) is 14.9. The van der Waals surface area contributed by atoms with Crippen LogP contribution in [0.4, 0.5) is 0 Å². The first-order chi connectivity index (χ1) is 12.3. The largest absolute Gasteiger partial charge is 0.497 e. The van der Waals surface area contributed by atoms with Crippen LogP contribution in [0.3, 0.4) is 0 Å². The van der Waals surface area contributed by atoms with Gasteiger partial charge in [-0.25, -0.2) is 0 Å². The Kier molecular flexibility index (Phi) is 4.22. The normalized spacial score (nSPS) is 21.9. The molecule has 2 aromatic rings. The smallest absolute Gasteiger partial charge is 0.267 e. The van der Waals surface area contributed by atoms with E-state index in [0.29, 0.717) is 11.5 Å². The molecule has 5 heteroatoms. The van der Waals surface area contributed by atoms with Crippen molar-refractivity contribution in [3.05, 3.63) is 54.1 Å². The molecule has 0 saturated carbocycles. The van der Waals surface area contributed by atoms with Gasteiger partial charge >= 0.3 is 0 Å². The van der Waals surface area contributed by atoms with Crippen LogP contribution >= 0.6 is 0 Å². The maximum Gasteiger partial charge on any atom is 0.267 e. The number of benzene rings is 2. The second-order valence-corrected chi connectivity index (χ2v) is 6.33. The highest BCUT2D eigenvalue weighted by Crippen LogP contribution is 2.36. The van der Waals surface area contributed by atoms with Gasteiger partial charge in [-0.15, -0.1) is 0 Å². The second kappa shape index (κ2) is 6.67. The molecule has 0 spiro atoms. The van der Waals surface area contributed by atoms with Crippen LogP contribution in [0, 0.1) is 0 Å². The molecule has 1 saturated heterocycles. The molecule has 0 aliphatic carbocycles. The van der Waals surface area contributed by atoms with Crippen LogP contribution in [0.25, 0.3) is 0 Å². The summed E-state index contributed by atoms with van der Waals surface area (Å²) in [6.45, 7) is 0.999. The van der Waals surface area contributed by atoms with Crippen molar-refractivity contribution in [1.29, 1.82) is 0 Å². The fraction of sp³-hybridized carbons (Fsp3) is 0.350. The Hall–Kier alpha value is -2.69. The van der Waals surface area contributed by atoms with E-state index in [1.807, 2.05) is 53.4 Å². The predicted molar refractivity (Wildman–Crippen MR) is 93.0 cm³/mol. The molecule has 2 aliphatic heterocycles. The summed E-state index contributed by atoms with van der Waals surface area (Å²) >= 11 is 0. The predicted octanol–water partition coefficient (Wildman–Crippen LogP) is 3.20. The number of hydrogen-bond donors (Lipinski definition) is 0. The summed E-state index contributed by atoms with van der Waals surface area (Å²) in [6, 6.07) is 15.5. The van der Waals surface area contributed by atoms with Crippen molar-refractivity contribution in [2.45, 2.75) is 25.0 Å². The van der Waals surface area contributed by atoms with Crippen molar-refractivity contribution in [1.82, 2.24) is 4.90 Å². The SMILES string of the molecule is COc1ccc(C2CCCN2C(=O)C2COc3ccccc3O2)cc1. The summed E-state index contributed by atoms with van der Waals surface area (Å²) < 4.78 is 16.8. The van der Waals surface area contributed by atoms with Crippen molar-refractivity contribution in [2.24, 2.45) is 0 Å². The lowest BCUT2D eigenvalue weighted by molar-refractivity contribution is -0.142. The van der Waals surface area contributed by atoms with Gasteiger partial charge in [0.1, 0.15) is 12.4 Å². The molecule has 1 amide bonds. The number of nitrogens with zero attached hydrogens (tertiary/aromatic N) is 1. The van der Waals surface area contributed by atoms with Crippen LogP contribution in [0.5, 0.6) is 17.2 Å². The van der Waals surface area contributed by atoms with Crippen molar-refractivity contribution >= 4 is 5.91 Å². The van der Waals surface area contributed by atoms with Crippen LogP contribution in [0.15, 0.2) is 48.5 Å². The first-order valence-corrected chi connectivity index (χ1v) is 8.59. The highest BCUT2D eigenvalue weighted by molar-refractivity contribution is 5.82. The Labute approximate surface area is 147 Å². The Bertz CT molecular complexity index is 759. The fourth-order valence-corrected chi connectivity index (χ4v) is 3.53. The minimum absolute atomic E-state index is 0.00665. The van der Waals surface area contributed by atoms with E-state index >= 15 is 0 Å². The van der Waals surface area contributed by atoms with Gasteiger partial charge in [-0.2, -0.15) is 0 Å². The molecular formula is C20H21NO4. The maximum atomic E-state index is 13.0. The van der Waals surface area contributed by atoms with E-state index in [1.54, 1.807) is 7.11 Å². The molecule has 25 heavy (non-hydrogen) atoms. The van der Waals surface area contributed by atoms with E-state index in [9.17, 15) is 4.79 Å². The molecule has 5 nitrogen and oxygen atoms in total. The summed E-state index contributed by atoms with van der Waals surface area (Å²) in [6.07, 6.45) is 1.36.